The van der Waals surface area contributed by atoms with E-state index in [0.717, 1.165) is 12.2 Å². The summed E-state index contributed by atoms with van der Waals surface area (Å²) in [6.07, 6.45) is 0.456. The van der Waals surface area contributed by atoms with Crippen LogP contribution in [0.25, 0.3) is 0 Å². The van der Waals surface area contributed by atoms with Gasteiger partial charge in [-0.2, -0.15) is 0 Å². The molecular weight excluding hydrogens is 242 g/mol. The monoisotopic (exact) mass is 265 g/mol. The van der Waals surface area contributed by atoms with E-state index in [-0.39, 0.29) is 6.04 Å². The van der Waals surface area contributed by atoms with Gasteiger partial charge in [-0.1, -0.05) is 6.07 Å². The summed E-state index contributed by atoms with van der Waals surface area (Å²) in [6.45, 7) is 5.81. The number of rotatable bonds is 5. The molecular formula is C15H23NO3. The van der Waals surface area contributed by atoms with E-state index in [1.54, 1.807) is 7.11 Å². The molecule has 4 heteroatoms. The zero-order valence-corrected chi connectivity index (χ0v) is 11.9. The highest BCUT2D eigenvalue weighted by Crippen LogP contribution is 2.34. The van der Waals surface area contributed by atoms with Gasteiger partial charge in [-0.05, 0) is 31.0 Å². The largest absolute Gasteiger partial charge is 0.493 e. The first-order valence-corrected chi connectivity index (χ1v) is 6.76. The second-order valence-corrected chi connectivity index (χ2v) is 5.18. The van der Waals surface area contributed by atoms with Gasteiger partial charge in [0.1, 0.15) is 5.75 Å². The van der Waals surface area contributed by atoms with Crippen LogP contribution in [0.3, 0.4) is 0 Å². The van der Waals surface area contributed by atoms with Crippen molar-refractivity contribution in [2.24, 2.45) is 0 Å². The van der Waals surface area contributed by atoms with Gasteiger partial charge >= 0.3 is 0 Å². The van der Waals surface area contributed by atoms with Crippen LogP contribution < -0.4 is 10.1 Å². The zero-order chi connectivity index (χ0) is 13.8. The molecule has 1 aliphatic rings. The molecule has 4 nitrogen and oxygen atoms in total. The normalized spacial score (nSPS) is 19.7. The summed E-state index contributed by atoms with van der Waals surface area (Å²) >= 11 is 0. The molecule has 0 fully saturated rings. The Morgan fingerprint density at radius 1 is 1.42 bits per heavy atom. The number of nitrogens with one attached hydrogen (secondary N) is 1. The lowest BCUT2D eigenvalue weighted by Gasteiger charge is -2.28. The fourth-order valence-corrected chi connectivity index (χ4v) is 2.39. The van der Waals surface area contributed by atoms with Crippen LogP contribution in [0.2, 0.25) is 0 Å². The second-order valence-electron chi connectivity index (χ2n) is 5.18. The molecule has 1 aromatic rings. The average molecular weight is 265 g/mol. The summed E-state index contributed by atoms with van der Waals surface area (Å²) in [5.74, 6) is 0.966. The fourth-order valence-electron chi connectivity index (χ4n) is 2.39. The van der Waals surface area contributed by atoms with Crippen LogP contribution in [0, 0.1) is 13.8 Å². The quantitative estimate of drug-likeness (QED) is 0.851. The van der Waals surface area contributed by atoms with Crippen LogP contribution in [-0.2, 0) is 4.74 Å². The second kappa shape index (κ2) is 6.37. The Morgan fingerprint density at radius 3 is 2.89 bits per heavy atom. The third-order valence-corrected chi connectivity index (χ3v) is 3.62. The maximum Gasteiger partial charge on any atom is 0.124 e. The van der Waals surface area contributed by atoms with Crippen LogP contribution >= 0.6 is 0 Å². The number of hydrogen-bond donors (Lipinski definition) is 2. The Bertz CT molecular complexity index is 434. The molecule has 1 aromatic carbocycles. The van der Waals surface area contributed by atoms with Gasteiger partial charge in [0.05, 0.1) is 19.3 Å². The van der Waals surface area contributed by atoms with Gasteiger partial charge in [0.15, 0.2) is 0 Å². The third kappa shape index (κ3) is 3.47. The van der Waals surface area contributed by atoms with Gasteiger partial charge in [0, 0.05) is 31.7 Å². The van der Waals surface area contributed by atoms with Crippen molar-refractivity contribution in [3.05, 3.63) is 28.8 Å². The zero-order valence-electron chi connectivity index (χ0n) is 11.9. The third-order valence-electron chi connectivity index (χ3n) is 3.62. The molecule has 0 bridgehead atoms. The molecule has 106 valence electrons. The molecule has 2 atom stereocenters. The molecule has 0 saturated carbocycles. The molecule has 0 radical (unpaired) electrons. The number of ether oxygens (including phenoxy) is 2. The molecule has 0 aliphatic carbocycles. The number of methoxy groups -OCH3 is 1. The van der Waals surface area contributed by atoms with E-state index >= 15 is 0 Å². The molecule has 2 unspecified atom stereocenters. The predicted molar refractivity (Wildman–Crippen MR) is 74.7 cm³/mol. The van der Waals surface area contributed by atoms with Crippen LogP contribution in [0.5, 0.6) is 5.75 Å². The van der Waals surface area contributed by atoms with Gasteiger partial charge in [-0.15, -0.1) is 0 Å². The Balaban J connectivity index is 2.07. The van der Waals surface area contributed by atoms with Gasteiger partial charge in [0.2, 0.25) is 0 Å². The number of fused-ring (bicyclic) bond motifs is 1. The highest BCUT2D eigenvalue weighted by molar-refractivity contribution is 5.44. The maximum absolute atomic E-state index is 9.71. The van der Waals surface area contributed by atoms with Crippen LogP contribution in [0.15, 0.2) is 12.1 Å². The summed E-state index contributed by atoms with van der Waals surface area (Å²) in [6, 6.07) is 4.53. The SMILES string of the molecule is COCC(O)CNC1CCOc2cc(C)c(C)cc21. The van der Waals surface area contributed by atoms with E-state index in [0.29, 0.717) is 19.8 Å². The maximum atomic E-state index is 9.71. The minimum absolute atomic E-state index is 0.245. The lowest BCUT2D eigenvalue weighted by molar-refractivity contribution is 0.0614. The van der Waals surface area contributed by atoms with Crippen LogP contribution in [0.4, 0.5) is 0 Å². The minimum Gasteiger partial charge on any atom is -0.493 e. The van der Waals surface area contributed by atoms with Gasteiger partial charge < -0.3 is 19.9 Å². The van der Waals surface area contributed by atoms with Crippen molar-refractivity contribution in [1.82, 2.24) is 5.32 Å². The number of aryl methyl sites for hydroxylation is 2. The fraction of sp³-hybridized carbons (Fsp3) is 0.600. The smallest absolute Gasteiger partial charge is 0.124 e. The molecule has 2 N–H and O–H groups in total. The Hall–Kier alpha value is -1.10. The standard InChI is InChI=1S/C15H23NO3/c1-10-6-13-14(16-8-12(17)9-18-3)4-5-19-15(13)7-11(10)2/h6-7,12,14,16-17H,4-5,8-9H2,1-3H3. The van der Waals surface area contributed by atoms with Crippen LogP contribution in [-0.4, -0.2) is 38.1 Å². The molecule has 2 rings (SSSR count). The summed E-state index contributed by atoms with van der Waals surface area (Å²) in [7, 11) is 1.60. The number of hydrogen-bond acceptors (Lipinski definition) is 4. The van der Waals surface area contributed by atoms with Crippen LogP contribution in [0.1, 0.15) is 29.2 Å². The van der Waals surface area contributed by atoms with E-state index in [1.807, 2.05) is 0 Å². The van der Waals surface area contributed by atoms with E-state index < -0.39 is 6.10 Å². The van der Waals surface area contributed by atoms with E-state index in [9.17, 15) is 5.11 Å². The Labute approximate surface area is 114 Å². The first kappa shape index (κ1) is 14.3. The van der Waals surface area contributed by atoms with Gasteiger partial charge in [0.25, 0.3) is 0 Å². The highest BCUT2D eigenvalue weighted by atomic mass is 16.5. The van der Waals surface area contributed by atoms with Gasteiger partial charge in [-0.3, -0.25) is 0 Å². The van der Waals surface area contributed by atoms with Crippen molar-refractivity contribution in [3.63, 3.8) is 0 Å². The number of benzene rings is 1. The van der Waals surface area contributed by atoms with E-state index in [2.05, 4.69) is 31.3 Å². The predicted octanol–water partition coefficient (Wildman–Crippen LogP) is 1.72. The molecule has 0 spiro atoms. The van der Waals surface area contributed by atoms with Crippen molar-refractivity contribution in [2.45, 2.75) is 32.4 Å². The summed E-state index contributed by atoms with van der Waals surface area (Å²) < 4.78 is 10.6. The molecule has 1 aliphatic heterocycles. The van der Waals surface area contributed by atoms with Crippen molar-refractivity contribution < 1.29 is 14.6 Å². The lowest BCUT2D eigenvalue weighted by atomic mass is 9.96. The van der Waals surface area contributed by atoms with Crippen molar-refractivity contribution in [2.75, 3.05) is 26.9 Å². The Morgan fingerprint density at radius 2 is 2.16 bits per heavy atom. The molecule has 1 heterocycles. The average Bonchev–Trinajstić information content (AvgIpc) is 2.38. The molecule has 0 aromatic heterocycles. The number of aliphatic hydroxyl groups is 1. The topological polar surface area (TPSA) is 50.7 Å². The highest BCUT2D eigenvalue weighted by Gasteiger charge is 2.22. The van der Waals surface area contributed by atoms with Crippen molar-refractivity contribution in [3.8, 4) is 5.75 Å². The summed E-state index contributed by atoms with van der Waals surface area (Å²) in [5.41, 5.74) is 3.71. The van der Waals surface area contributed by atoms with Gasteiger partial charge in [-0.25, -0.2) is 0 Å². The molecule has 0 amide bonds. The lowest BCUT2D eigenvalue weighted by Crippen LogP contribution is -2.35. The first-order valence-electron chi connectivity index (χ1n) is 6.76. The van der Waals surface area contributed by atoms with E-state index in [4.69, 9.17) is 9.47 Å². The summed E-state index contributed by atoms with van der Waals surface area (Å²) in [4.78, 5) is 0. The minimum atomic E-state index is -0.470. The summed E-state index contributed by atoms with van der Waals surface area (Å²) in [5, 5.41) is 13.1. The van der Waals surface area contributed by atoms with Crippen molar-refractivity contribution in [1.29, 1.82) is 0 Å². The van der Waals surface area contributed by atoms with Crippen molar-refractivity contribution >= 4 is 0 Å². The number of aliphatic hydroxyl groups excluding tert-OH is 1. The first-order chi connectivity index (χ1) is 9.11. The molecule has 0 saturated heterocycles. The Kier molecular flexibility index (Phi) is 4.80. The van der Waals surface area contributed by atoms with E-state index in [1.165, 1.54) is 16.7 Å². The molecule has 19 heavy (non-hydrogen) atoms.